The number of nitrogens with zero attached hydrogens (tertiary/aromatic N) is 1. The van der Waals surface area contributed by atoms with Crippen molar-refractivity contribution in [3.63, 3.8) is 0 Å². The van der Waals surface area contributed by atoms with Crippen molar-refractivity contribution in [3.8, 4) is 0 Å². The van der Waals surface area contributed by atoms with Gasteiger partial charge < -0.3 is 15.5 Å². The minimum atomic E-state index is 0.654. The fraction of sp³-hybridized carbons (Fsp3) is 1.00. The van der Waals surface area contributed by atoms with Crippen molar-refractivity contribution in [1.29, 1.82) is 0 Å². The predicted octanol–water partition coefficient (Wildman–Crippen LogP) is 1.20. The molecule has 2 saturated heterocycles. The van der Waals surface area contributed by atoms with E-state index in [2.05, 4.69) is 22.5 Å². The first-order valence-corrected chi connectivity index (χ1v) is 7.04. The monoisotopic (exact) mass is 225 g/mol. The molecule has 2 atom stereocenters. The lowest BCUT2D eigenvalue weighted by molar-refractivity contribution is 0.280. The van der Waals surface area contributed by atoms with Gasteiger partial charge in [0.25, 0.3) is 0 Å². The average Bonchev–Trinajstić information content (AvgIpc) is 2.62. The van der Waals surface area contributed by atoms with Crippen molar-refractivity contribution in [3.05, 3.63) is 0 Å². The summed E-state index contributed by atoms with van der Waals surface area (Å²) in [6.07, 6.45) is 6.77. The Morgan fingerprint density at radius 2 is 2.00 bits per heavy atom. The van der Waals surface area contributed by atoms with Gasteiger partial charge in [0, 0.05) is 18.6 Å². The van der Waals surface area contributed by atoms with Gasteiger partial charge in [-0.25, -0.2) is 0 Å². The summed E-state index contributed by atoms with van der Waals surface area (Å²) >= 11 is 0. The maximum atomic E-state index is 3.80. The summed E-state index contributed by atoms with van der Waals surface area (Å²) in [5, 5.41) is 7.28. The summed E-state index contributed by atoms with van der Waals surface area (Å²) in [4.78, 5) is 2.60. The summed E-state index contributed by atoms with van der Waals surface area (Å²) in [7, 11) is 0. The molecule has 94 valence electrons. The van der Waals surface area contributed by atoms with Crippen molar-refractivity contribution in [2.24, 2.45) is 0 Å². The lowest BCUT2D eigenvalue weighted by Gasteiger charge is -2.25. The Bertz CT molecular complexity index is 182. The van der Waals surface area contributed by atoms with E-state index in [1.54, 1.807) is 0 Å². The van der Waals surface area contributed by atoms with Crippen LogP contribution in [0.3, 0.4) is 0 Å². The molecule has 2 heterocycles. The fourth-order valence-electron chi connectivity index (χ4n) is 2.99. The Labute approximate surface area is 100.0 Å². The van der Waals surface area contributed by atoms with Gasteiger partial charge in [-0.15, -0.1) is 0 Å². The molecular formula is C13H27N3. The number of hydrogen-bond acceptors (Lipinski definition) is 3. The van der Waals surface area contributed by atoms with Crippen LogP contribution in [0.15, 0.2) is 0 Å². The molecule has 2 unspecified atom stereocenters. The van der Waals surface area contributed by atoms with Crippen molar-refractivity contribution in [2.45, 2.75) is 51.1 Å². The van der Waals surface area contributed by atoms with Gasteiger partial charge in [-0.05, 0) is 65.2 Å². The van der Waals surface area contributed by atoms with E-state index in [1.165, 1.54) is 64.8 Å². The molecule has 2 N–H and O–H groups in total. The van der Waals surface area contributed by atoms with Crippen LogP contribution in [0.5, 0.6) is 0 Å². The zero-order valence-electron chi connectivity index (χ0n) is 10.7. The van der Waals surface area contributed by atoms with Crippen LogP contribution in [0.1, 0.15) is 39.0 Å². The van der Waals surface area contributed by atoms with Gasteiger partial charge in [0.1, 0.15) is 0 Å². The van der Waals surface area contributed by atoms with Crippen LogP contribution in [-0.2, 0) is 0 Å². The van der Waals surface area contributed by atoms with Crippen molar-refractivity contribution in [1.82, 2.24) is 15.5 Å². The van der Waals surface area contributed by atoms with E-state index in [1.807, 2.05) is 0 Å². The lowest BCUT2D eigenvalue weighted by atomic mass is 10.1. The predicted molar refractivity (Wildman–Crippen MR) is 68.8 cm³/mol. The summed E-state index contributed by atoms with van der Waals surface area (Å²) in [6, 6.07) is 1.40. The third-order valence-corrected chi connectivity index (χ3v) is 3.83. The summed E-state index contributed by atoms with van der Waals surface area (Å²) in [6.45, 7) is 8.61. The topological polar surface area (TPSA) is 27.3 Å². The molecule has 0 aliphatic carbocycles. The largest absolute Gasteiger partial charge is 0.317 e. The SMILES string of the molecule is CC(CN1CCCC1)NC1CCCNCC1. The van der Waals surface area contributed by atoms with Gasteiger partial charge in [0.15, 0.2) is 0 Å². The minimum absolute atomic E-state index is 0.654. The Hall–Kier alpha value is -0.120. The number of likely N-dealkylation sites (tertiary alicyclic amines) is 1. The number of nitrogens with one attached hydrogen (secondary N) is 2. The molecule has 0 amide bonds. The Balaban J connectivity index is 1.66. The van der Waals surface area contributed by atoms with Crippen LogP contribution < -0.4 is 10.6 Å². The molecule has 0 aromatic rings. The van der Waals surface area contributed by atoms with Gasteiger partial charge in [0.2, 0.25) is 0 Å². The van der Waals surface area contributed by atoms with Gasteiger partial charge in [-0.3, -0.25) is 0 Å². The van der Waals surface area contributed by atoms with Crippen LogP contribution in [0.25, 0.3) is 0 Å². The molecule has 0 aromatic heterocycles. The molecule has 3 nitrogen and oxygen atoms in total. The van der Waals surface area contributed by atoms with E-state index in [4.69, 9.17) is 0 Å². The minimum Gasteiger partial charge on any atom is -0.317 e. The van der Waals surface area contributed by atoms with Crippen LogP contribution in [0.4, 0.5) is 0 Å². The Morgan fingerprint density at radius 3 is 2.81 bits per heavy atom. The molecule has 2 aliphatic rings. The van der Waals surface area contributed by atoms with E-state index < -0.39 is 0 Å². The third kappa shape index (κ3) is 4.04. The molecule has 0 spiro atoms. The summed E-state index contributed by atoms with van der Waals surface area (Å²) in [5.41, 5.74) is 0. The standard InChI is InChI=1S/C13H27N3/c1-12(11-16-9-2-3-10-16)15-13-5-4-7-14-8-6-13/h12-15H,2-11H2,1H3. The Morgan fingerprint density at radius 1 is 1.19 bits per heavy atom. The van der Waals surface area contributed by atoms with E-state index in [9.17, 15) is 0 Å². The highest BCUT2D eigenvalue weighted by atomic mass is 15.2. The maximum absolute atomic E-state index is 3.80. The molecule has 0 radical (unpaired) electrons. The van der Waals surface area contributed by atoms with Gasteiger partial charge in [-0.1, -0.05) is 0 Å². The zero-order chi connectivity index (χ0) is 11.2. The van der Waals surface area contributed by atoms with E-state index in [0.717, 1.165) is 6.04 Å². The second-order valence-corrected chi connectivity index (χ2v) is 5.45. The first kappa shape index (κ1) is 12.3. The van der Waals surface area contributed by atoms with Crippen molar-refractivity contribution in [2.75, 3.05) is 32.7 Å². The third-order valence-electron chi connectivity index (χ3n) is 3.83. The highest BCUT2D eigenvalue weighted by Gasteiger charge is 2.18. The van der Waals surface area contributed by atoms with Crippen molar-refractivity contribution < 1.29 is 0 Å². The lowest BCUT2D eigenvalue weighted by Crippen LogP contribution is -2.43. The van der Waals surface area contributed by atoms with Crippen LogP contribution in [0, 0.1) is 0 Å². The van der Waals surface area contributed by atoms with Crippen LogP contribution in [0.2, 0.25) is 0 Å². The first-order chi connectivity index (χ1) is 7.84. The van der Waals surface area contributed by atoms with Gasteiger partial charge in [0.05, 0.1) is 0 Å². The van der Waals surface area contributed by atoms with Crippen molar-refractivity contribution >= 4 is 0 Å². The average molecular weight is 225 g/mol. The first-order valence-electron chi connectivity index (χ1n) is 7.04. The highest BCUT2D eigenvalue weighted by molar-refractivity contribution is 4.78. The second-order valence-electron chi connectivity index (χ2n) is 5.45. The van der Waals surface area contributed by atoms with Gasteiger partial charge in [-0.2, -0.15) is 0 Å². The normalized spacial score (nSPS) is 30.2. The molecule has 16 heavy (non-hydrogen) atoms. The molecule has 2 fully saturated rings. The molecule has 2 rings (SSSR count). The zero-order valence-corrected chi connectivity index (χ0v) is 10.7. The molecular weight excluding hydrogens is 198 g/mol. The molecule has 2 aliphatic heterocycles. The van der Waals surface area contributed by atoms with Crippen LogP contribution >= 0.6 is 0 Å². The fourth-order valence-corrected chi connectivity index (χ4v) is 2.99. The molecule has 0 saturated carbocycles. The van der Waals surface area contributed by atoms with E-state index in [-0.39, 0.29) is 0 Å². The Kier molecular flexibility index (Phi) is 5.07. The highest BCUT2D eigenvalue weighted by Crippen LogP contribution is 2.10. The summed E-state index contributed by atoms with van der Waals surface area (Å²) in [5.74, 6) is 0. The summed E-state index contributed by atoms with van der Waals surface area (Å²) < 4.78 is 0. The number of rotatable bonds is 4. The number of hydrogen-bond donors (Lipinski definition) is 2. The molecule has 0 bridgehead atoms. The second kappa shape index (κ2) is 6.58. The molecule has 3 heteroatoms. The van der Waals surface area contributed by atoms with E-state index in [0.29, 0.717) is 6.04 Å². The molecule has 0 aromatic carbocycles. The van der Waals surface area contributed by atoms with Gasteiger partial charge >= 0.3 is 0 Å². The van der Waals surface area contributed by atoms with E-state index >= 15 is 0 Å². The maximum Gasteiger partial charge on any atom is 0.0169 e. The van der Waals surface area contributed by atoms with Crippen LogP contribution in [-0.4, -0.2) is 49.7 Å². The smallest absolute Gasteiger partial charge is 0.0169 e. The quantitative estimate of drug-likeness (QED) is 0.753.